The molecule has 0 spiro atoms. The summed E-state index contributed by atoms with van der Waals surface area (Å²) in [5.41, 5.74) is 2.53. The van der Waals surface area contributed by atoms with E-state index in [0.717, 1.165) is 37.2 Å². The lowest BCUT2D eigenvalue weighted by Crippen LogP contribution is -2.36. The van der Waals surface area contributed by atoms with E-state index in [4.69, 9.17) is 0 Å². The van der Waals surface area contributed by atoms with E-state index in [1.54, 1.807) is 19.2 Å². The zero-order chi connectivity index (χ0) is 21.4. The summed E-state index contributed by atoms with van der Waals surface area (Å²) in [7, 11) is 1.56. The van der Waals surface area contributed by atoms with Gasteiger partial charge in [0.05, 0.1) is 11.6 Å². The highest BCUT2D eigenvalue weighted by Gasteiger charge is 2.22. The van der Waals surface area contributed by atoms with Gasteiger partial charge in [-0.25, -0.2) is 0 Å². The van der Waals surface area contributed by atoms with Crippen molar-refractivity contribution >= 4 is 11.8 Å². The lowest BCUT2D eigenvalue weighted by molar-refractivity contribution is -0.141. The first-order valence-electron chi connectivity index (χ1n) is 10.6. The lowest BCUT2D eigenvalue weighted by atomic mass is 9.91. The molecule has 1 aliphatic heterocycles. The van der Waals surface area contributed by atoms with Crippen molar-refractivity contribution in [1.29, 1.82) is 5.26 Å². The Labute approximate surface area is 175 Å². The van der Waals surface area contributed by atoms with Gasteiger partial charge in [-0.2, -0.15) is 5.26 Å². The van der Waals surface area contributed by atoms with Crippen LogP contribution in [0.5, 0.6) is 0 Å². The molecule has 2 amide bonds. The van der Waals surface area contributed by atoms with Crippen molar-refractivity contribution in [3.63, 3.8) is 0 Å². The van der Waals surface area contributed by atoms with Crippen molar-refractivity contribution in [1.82, 2.24) is 9.80 Å². The van der Waals surface area contributed by atoms with Gasteiger partial charge in [-0.3, -0.25) is 14.5 Å². The number of carbonyl (C=O) groups excluding carboxylic acids is 2. The van der Waals surface area contributed by atoms with E-state index >= 15 is 0 Å². The average Bonchev–Trinajstić information content (AvgIpc) is 2.72. The number of piperidine rings is 1. The van der Waals surface area contributed by atoms with Crippen LogP contribution in [0, 0.1) is 23.2 Å². The molecule has 0 aromatic heterocycles. The van der Waals surface area contributed by atoms with Crippen LogP contribution in [0.4, 0.5) is 0 Å². The summed E-state index contributed by atoms with van der Waals surface area (Å²) in [6.45, 7) is 8.14. The molecular weight excluding hydrogens is 362 g/mol. The molecule has 1 aromatic carbocycles. The van der Waals surface area contributed by atoms with E-state index < -0.39 is 0 Å². The maximum absolute atomic E-state index is 12.7. The number of carbonyl (C=O) groups is 2. The van der Waals surface area contributed by atoms with Gasteiger partial charge in [0, 0.05) is 38.3 Å². The number of benzene rings is 1. The molecule has 5 nitrogen and oxygen atoms in total. The molecule has 1 heterocycles. The third kappa shape index (κ3) is 6.45. The normalized spacial score (nSPS) is 18.1. The maximum atomic E-state index is 12.7. The Morgan fingerprint density at radius 3 is 2.76 bits per heavy atom. The van der Waals surface area contributed by atoms with Gasteiger partial charge in [0.1, 0.15) is 0 Å². The molecule has 0 aliphatic carbocycles. The van der Waals surface area contributed by atoms with Crippen LogP contribution in [-0.2, 0) is 16.0 Å². The first-order chi connectivity index (χ1) is 13.8. The van der Waals surface area contributed by atoms with Crippen molar-refractivity contribution in [2.75, 3.05) is 20.1 Å². The molecule has 1 unspecified atom stereocenters. The Morgan fingerprint density at radius 1 is 1.38 bits per heavy atom. The van der Waals surface area contributed by atoms with Crippen molar-refractivity contribution in [2.45, 2.75) is 52.9 Å². The van der Waals surface area contributed by atoms with Crippen LogP contribution in [0.1, 0.15) is 57.6 Å². The number of imide groups is 1. The first kappa shape index (κ1) is 22.7. The second kappa shape index (κ2) is 10.8. The summed E-state index contributed by atoms with van der Waals surface area (Å²) < 4.78 is 0. The molecule has 1 aromatic rings. The molecule has 2 atom stereocenters. The van der Waals surface area contributed by atoms with E-state index in [-0.39, 0.29) is 17.7 Å². The highest BCUT2D eigenvalue weighted by Crippen LogP contribution is 2.21. The number of nitriles is 1. The Balaban J connectivity index is 1.98. The van der Waals surface area contributed by atoms with Gasteiger partial charge in [-0.15, -0.1) is 0 Å². The van der Waals surface area contributed by atoms with Crippen molar-refractivity contribution in [3.05, 3.63) is 47.2 Å². The summed E-state index contributed by atoms with van der Waals surface area (Å²) in [6.07, 6.45) is 5.72. The highest BCUT2D eigenvalue weighted by atomic mass is 16.2. The van der Waals surface area contributed by atoms with Crippen molar-refractivity contribution < 1.29 is 9.59 Å². The summed E-state index contributed by atoms with van der Waals surface area (Å²) in [4.78, 5) is 28.8. The molecule has 1 aliphatic rings. The zero-order valence-corrected chi connectivity index (χ0v) is 18.1. The molecule has 0 N–H and O–H groups in total. The van der Waals surface area contributed by atoms with E-state index in [2.05, 4.69) is 17.9 Å². The molecule has 29 heavy (non-hydrogen) atoms. The minimum absolute atomic E-state index is 0.0975. The summed E-state index contributed by atoms with van der Waals surface area (Å²) in [5, 5.41) is 9.27. The van der Waals surface area contributed by atoms with E-state index in [1.165, 1.54) is 11.3 Å². The van der Waals surface area contributed by atoms with Crippen LogP contribution in [-0.4, -0.2) is 41.8 Å². The number of allylic oxidation sites excluding steroid dienone is 1. The standard InChI is InChI=1S/C24H33N3O2/c1-5-20(14-21-10-6-7-11-22(21)16-25)15-24(29)26(4)23(28)13-19(3)27-12-8-9-18(2)17-27/h6-7,10-11,13,18,20H,5,8-9,12,14-15,17H2,1-4H3/b19-13+/t18-,20?/m1/s1. The van der Waals surface area contributed by atoms with E-state index in [0.29, 0.717) is 24.3 Å². The fourth-order valence-corrected chi connectivity index (χ4v) is 3.86. The number of amides is 2. The smallest absolute Gasteiger partial charge is 0.254 e. The summed E-state index contributed by atoms with van der Waals surface area (Å²) in [5.74, 6) is 0.286. The Kier molecular flexibility index (Phi) is 8.45. The Morgan fingerprint density at radius 2 is 2.10 bits per heavy atom. The summed E-state index contributed by atoms with van der Waals surface area (Å²) >= 11 is 0. The molecule has 0 saturated carbocycles. The van der Waals surface area contributed by atoms with Gasteiger partial charge in [0.2, 0.25) is 5.91 Å². The van der Waals surface area contributed by atoms with Crippen LogP contribution < -0.4 is 0 Å². The minimum atomic E-state index is -0.266. The molecule has 156 valence electrons. The predicted molar refractivity (Wildman–Crippen MR) is 115 cm³/mol. The Bertz CT molecular complexity index is 794. The molecule has 5 heteroatoms. The van der Waals surface area contributed by atoms with Gasteiger partial charge in [-0.05, 0) is 49.7 Å². The maximum Gasteiger partial charge on any atom is 0.254 e. The van der Waals surface area contributed by atoms with Crippen molar-refractivity contribution in [2.24, 2.45) is 11.8 Å². The fourth-order valence-electron chi connectivity index (χ4n) is 3.86. The average molecular weight is 396 g/mol. The third-order valence-electron chi connectivity index (χ3n) is 5.88. The van der Waals surface area contributed by atoms with Gasteiger partial charge in [0.15, 0.2) is 0 Å². The SMILES string of the molecule is CCC(CC(=O)N(C)C(=O)/C=C(\C)N1CCC[C@@H](C)C1)Cc1ccccc1C#N. The fraction of sp³-hybridized carbons (Fsp3) is 0.542. The van der Waals surface area contributed by atoms with Crippen LogP contribution >= 0.6 is 0 Å². The number of nitrogens with zero attached hydrogens (tertiary/aromatic N) is 3. The number of likely N-dealkylation sites (tertiary alicyclic amines) is 1. The zero-order valence-electron chi connectivity index (χ0n) is 18.1. The first-order valence-corrected chi connectivity index (χ1v) is 10.6. The third-order valence-corrected chi connectivity index (χ3v) is 5.88. The largest absolute Gasteiger partial charge is 0.375 e. The second-order valence-corrected chi connectivity index (χ2v) is 8.22. The molecule has 1 fully saturated rings. The summed E-state index contributed by atoms with van der Waals surface area (Å²) in [6, 6.07) is 9.71. The van der Waals surface area contributed by atoms with Gasteiger partial charge >= 0.3 is 0 Å². The van der Waals surface area contributed by atoms with E-state index in [9.17, 15) is 14.9 Å². The van der Waals surface area contributed by atoms with Crippen LogP contribution in [0.15, 0.2) is 36.0 Å². The van der Waals surface area contributed by atoms with Gasteiger partial charge in [0.25, 0.3) is 5.91 Å². The van der Waals surface area contributed by atoms with Gasteiger partial charge in [-0.1, -0.05) is 38.5 Å². The predicted octanol–water partition coefficient (Wildman–Crippen LogP) is 4.14. The Hall–Kier alpha value is -2.61. The number of hydrogen-bond donors (Lipinski definition) is 0. The lowest BCUT2D eigenvalue weighted by Gasteiger charge is -2.33. The van der Waals surface area contributed by atoms with Crippen LogP contribution in [0.25, 0.3) is 0 Å². The number of rotatable bonds is 7. The van der Waals surface area contributed by atoms with E-state index in [1.807, 2.05) is 32.0 Å². The minimum Gasteiger partial charge on any atom is -0.375 e. The quantitative estimate of drug-likeness (QED) is 0.651. The molecular formula is C24H33N3O2. The van der Waals surface area contributed by atoms with Crippen LogP contribution in [0.3, 0.4) is 0 Å². The van der Waals surface area contributed by atoms with Gasteiger partial charge < -0.3 is 4.90 Å². The highest BCUT2D eigenvalue weighted by molar-refractivity contribution is 6.00. The molecule has 2 rings (SSSR count). The van der Waals surface area contributed by atoms with Crippen LogP contribution in [0.2, 0.25) is 0 Å². The topological polar surface area (TPSA) is 64.4 Å². The second-order valence-electron chi connectivity index (χ2n) is 8.22. The molecule has 0 radical (unpaired) electrons. The van der Waals surface area contributed by atoms with Crippen molar-refractivity contribution in [3.8, 4) is 6.07 Å². The molecule has 0 bridgehead atoms. The molecule has 1 saturated heterocycles. The number of likely N-dealkylation sites (N-methyl/N-ethyl adjacent to an activating group) is 1. The number of hydrogen-bond acceptors (Lipinski definition) is 4. The monoisotopic (exact) mass is 395 g/mol.